The third-order valence-corrected chi connectivity index (χ3v) is 3.57. The standard InChI is InChI=1S/C15H15F3N2O5/c1-3-24-12(22)14(13(23)25-4-2)6-10(21)20-9-5-8(15(16,17)18)7-19-11(9)14/h5,7H,3-4,6H2,1-2H3,(H,20,21). The number of nitrogens with zero attached hydrogens (tertiary/aromatic N) is 1. The zero-order chi connectivity index (χ0) is 18.8. The molecule has 1 N–H and O–H groups in total. The van der Waals surface area contributed by atoms with Crippen molar-refractivity contribution in [1.82, 2.24) is 4.98 Å². The number of fused-ring (bicyclic) bond motifs is 1. The molecule has 1 aliphatic heterocycles. The summed E-state index contributed by atoms with van der Waals surface area (Å²) < 4.78 is 48.4. The van der Waals surface area contributed by atoms with Crippen molar-refractivity contribution in [3.63, 3.8) is 0 Å². The minimum atomic E-state index is -4.71. The maximum atomic E-state index is 12.9. The second-order valence-electron chi connectivity index (χ2n) is 5.19. The van der Waals surface area contributed by atoms with E-state index in [0.717, 1.165) is 0 Å². The first-order valence-corrected chi connectivity index (χ1v) is 7.38. The lowest BCUT2D eigenvalue weighted by Gasteiger charge is -2.33. The highest BCUT2D eigenvalue weighted by Gasteiger charge is 2.57. The number of hydrogen-bond acceptors (Lipinski definition) is 6. The number of hydrogen-bond donors (Lipinski definition) is 1. The van der Waals surface area contributed by atoms with E-state index in [0.29, 0.717) is 12.3 Å². The number of rotatable bonds is 4. The van der Waals surface area contributed by atoms with E-state index < -0.39 is 41.4 Å². The van der Waals surface area contributed by atoms with E-state index in [1.807, 2.05) is 0 Å². The van der Waals surface area contributed by atoms with Crippen molar-refractivity contribution in [3.8, 4) is 0 Å². The average Bonchev–Trinajstić information content (AvgIpc) is 2.52. The molecule has 0 fully saturated rings. The summed E-state index contributed by atoms with van der Waals surface area (Å²) >= 11 is 0. The Kier molecular flexibility index (Phi) is 5.00. The van der Waals surface area contributed by atoms with Gasteiger partial charge in [-0.15, -0.1) is 0 Å². The van der Waals surface area contributed by atoms with Crippen LogP contribution in [0.2, 0.25) is 0 Å². The van der Waals surface area contributed by atoms with Crippen LogP contribution < -0.4 is 5.32 Å². The van der Waals surface area contributed by atoms with Crippen LogP contribution in [0, 0.1) is 0 Å². The lowest BCUT2D eigenvalue weighted by Crippen LogP contribution is -2.52. The van der Waals surface area contributed by atoms with Crippen LogP contribution in [0.15, 0.2) is 12.3 Å². The molecule has 25 heavy (non-hydrogen) atoms. The van der Waals surface area contributed by atoms with Gasteiger partial charge in [0.1, 0.15) is 0 Å². The van der Waals surface area contributed by atoms with Crippen molar-refractivity contribution in [3.05, 3.63) is 23.5 Å². The SMILES string of the molecule is CCOC(=O)C1(C(=O)OCC)CC(=O)Nc2cc(C(F)(F)F)cnc21. The largest absolute Gasteiger partial charge is 0.465 e. The fourth-order valence-corrected chi connectivity index (χ4v) is 2.50. The van der Waals surface area contributed by atoms with Gasteiger partial charge >= 0.3 is 18.1 Å². The van der Waals surface area contributed by atoms with E-state index in [9.17, 15) is 27.6 Å². The molecular weight excluding hydrogens is 345 g/mol. The minimum Gasteiger partial charge on any atom is -0.465 e. The molecule has 0 radical (unpaired) electrons. The molecule has 0 unspecified atom stereocenters. The first-order valence-electron chi connectivity index (χ1n) is 7.38. The molecule has 136 valence electrons. The maximum Gasteiger partial charge on any atom is 0.417 e. The average molecular weight is 360 g/mol. The van der Waals surface area contributed by atoms with Crippen LogP contribution in [-0.2, 0) is 35.4 Å². The highest BCUT2D eigenvalue weighted by molar-refractivity contribution is 6.14. The fourth-order valence-electron chi connectivity index (χ4n) is 2.50. The molecule has 2 heterocycles. The highest BCUT2D eigenvalue weighted by atomic mass is 19.4. The Balaban J connectivity index is 2.68. The number of amides is 1. The van der Waals surface area contributed by atoms with Crippen molar-refractivity contribution < 1.29 is 37.0 Å². The Bertz CT molecular complexity index is 700. The molecule has 0 aliphatic carbocycles. The predicted octanol–water partition coefficient (Wildman–Crippen LogP) is 1.81. The highest BCUT2D eigenvalue weighted by Crippen LogP contribution is 2.41. The molecule has 0 saturated carbocycles. The molecule has 0 aromatic carbocycles. The van der Waals surface area contributed by atoms with Crippen LogP contribution in [-0.4, -0.2) is 36.0 Å². The van der Waals surface area contributed by atoms with Crippen LogP contribution in [0.25, 0.3) is 0 Å². The van der Waals surface area contributed by atoms with Crippen LogP contribution in [0.4, 0.5) is 18.9 Å². The number of halogens is 3. The second-order valence-corrected chi connectivity index (χ2v) is 5.19. The first kappa shape index (κ1) is 18.7. The smallest absolute Gasteiger partial charge is 0.417 e. The molecule has 2 rings (SSSR count). The van der Waals surface area contributed by atoms with Gasteiger partial charge in [0.2, 0.25) is 11.3 Å². The van der Waals surface area contributed by atoms with E-state index in [-0.39, 0.29) is 24.6 Å². The number of nitrogens with one attached hydrogen (secondary N) is 1. The van der Waals surface area contributed by atoms with Crippen LogP contribution in [0.1, 0.15) is 31.5 Å². The predicted molar refractivity (Wildman–Crippen MR) is 77.4 cm³/mol. The van der Waals surface area contributed by atoms with Gasteiger partial charge in [0.25, 0.3) is 0 Å². The molecule has 10 heteroatoms. The van der Waals surface area contributed by atoms with Crippen LogP contribution >= 0.6 is 0 Å². The van der Waals surface area contributed by atoms with E-state index >= 15 is 0 Å². The maximum absolute atomic E-state index is 12.9. The van der Waals surface area contributed by atoms with E-state index in [1.165, 1.54) is 13.8 Å². The first-order chi connectivity index (χ1) is 11.7. The molecular formula is C15H15F3N2O5. The zero-order valence-electron chi connectivity index (χ0n) is 13.4. The van der Waals surface area contributed by atoms with Crippen molar-refractivity contribution in [2.45, 2.75) is 31.9 Å². The van der Waals surface area contributed by atoms with Gasteiger partial charge in [-0.1, -0.05) is 0 Å². The topological polar surface area (TPSA) is 94.6 Å². The molecule has 0 spiro atoms. The molecule has 1 aliphatic rings. The van der Waals surface area contributed by atoms with Gasteiger partial charge in [-0.05, 0) is 19.9 Å². The summed E-state index contributed by atoms with van der Waals surface area (Å²) in [7, 11) is 0. The number of esters is 2. The molecule has 1 amide bonds. The van der Waals surface area contributed by atoms with Crippen molar-refractivity contribution in [2.24, 2.45) is 0 Å². The lowest BCUT2D eigenvalue weighted by atomic mass is 9.77. The Labute approximate surface area is 140 Å². The molecule has 0 saturated heterocycles. The monoisotopic (exact) mass is 360 g/mol. The van der Waals surface area contributed by atoms with E-state index in [2.05, 4.69) is 10.3 Å². The zero-order valence-corrected chi connectivity index (χ0v) is 13.4. The van der Waals surface area contributed by atoms with E-state index in [4.69, 9.17) is 9.47 Å². The Morgan fingerprint density at radius 3 is 2.28 bits per heavy atom. The number of aromatic nitrogens is 1. The molecule has 1 aromatic rings. The van der Waals surface area contributed by atoms with Crippen molar-refractivity contribution >= 4 is 23.5 Å². The van der Waals surface area contributed by atoms with E-state index in [1.54, 1.807) is 0 Å². The van der Waals surface area contributed by atoms with Gasteiger partial charge < -0.3 is 14.8 Å². The third kappa shape index (κ3) is 3.28. The summed E-state index contributed by atoms with van der Waals surface area (Å²) in [6.07, 6.45) is -4.89. The lowest BCUT2D eigenvalue weighted by molar-refractivity contribution is -0.167. The Morgan fingerprint density at radius 1 is 1.24 bits per heavy atom. The van der Waals surface area contributed by atoms with Gasteiger partial charge in [0.15, 0.2) is 0 Å². The van der Waals surface area contributed by atoms with Crippen molar-refractivity contribution in [1.29, 1.82) is 0 Å². The summed E-state index contributed by atoms with van der Waals surface area (Å²) in [5.41, 5.74) is -4.09. The Hall–Kier alpha value is -2.65. The summed E-state index contributed by atoms with van der Waals surface area (Å²) in [4.78, 5) is 40.6. The van der Waals surface area contributed by atoms with Gasteiger partial charge in [-0.25, -0.2) is 0 Å². The number of ether oxygens (including phenoxy) is 2. The van der Waals surface area contributed by atoms with Crippen LogP contribution in [0.3, 0.4) is 0 Å². The summed E-state index contributed by atoms with van der Waals surface area (Å²) in [6.45, 7) is 2.77. The van der Waals surface area contributed by atoms with Crippen molar-refractivity contribution in [2.75, 3.05) is 18.5 Å². The fraction of sp³-hybridized carbons (Fsp3) is 0.467. The normalized spacial score (nSPS) is 15.8. The quantitative estimate of drug-likeness (QED) is 0.650. The number of alkyl halides is 3. The molecule has 0 atom stereocenters. The summed E-state index contributed by atoms with van der Waals surface area (Å²) in [5.74, 6) is -3.02. The van der Waals surface area contributed by atoms with Gasteiger partial charge in [-0.3, -0.25) is 19.4 Å². The van der Waals surface area contributed by atoms with Gasteiger partial charge in [-0.2, -0.15) is 13.2 Å². The molecule has 7 nitrogen and oxygen atoms in total. The second kappa shape index (κ2) is 6.69. The number of pyridine rings is 1. The molecule has 0 bridgehead atoms. The number of carbonyl (C=O) groups is 3. The number of anilines is 1. The minimum absolute atomic E-state index is 0.0996. The van der Waals surface area contributed by atoms with Gasteiger partial charge in [0.05, 0.1) is 36.6 Å². The summed E-state index contributed by atoms with van der Waals surface area (Å²) in [5, 5.41) is 2.20. The summed E-state index contributed by atoms with van der Waals surface area (Å²) in [6, 6.07) is 0.618. The third-order valence-electron chi connectivity index (χ3n) is 3.57. The molecule has 1 aromatic heterocycles. The van der Waals surface area contributed by atoms with Gasteiger partial charge in [0, 0.05) is 6.20 Å². The number of carbonyl (C=O) groups excluding carboxylic acids is 3. The van der Waals surface area contributed by atoms with Crippen LogP contribution in [0.5, 0.6) is 0 Å². The Morgan fingerprint density at radius 2 is 1.80 bits per heavy atom.